The van der Waals surface area contributed by atoms with Gasteiger partial charge in [-0.3, -0.25) is 4.90 Å². The van der Waals surface area contributed by atoms with Gasteiger partial charge in [0.05, 0.1) is 5.75 Å². The highest BCUT2D eigenvalue weighted by Crippen LogP contribution is 2.16. The monoisotopic (exact) mass is 330 g/mol. The summed E-state index contributed by atoms with van der Waals surface area (Å²) in [5.74, 6) is 0.515. The molecule has 1 aromatic carbocycles. The summed E-state index contributed by atoms with van der Waals surface area (Å²) >= 11 is 5.74. The van der Waals surface area contributed by atoms with Gasteiger partial charge in [0.1, 0.15) is 0 Å². The number of halogens is 1. The molecule has 1 aliphatic heterocycles. The van der Waals surface area contributed by atoms with E-state index in [1.165, 1.54) is 0 Å². The van der Waals surface area contributed by atoms with E-state index in [2.05, 4.69) is 18.7 Å². The third-order valence-electron chi connectivity index (χ3n) is 3.92. The summed E-state index contributed by atoms with van der Waals surface area (Å²) in [5.41, 5.74) is 1.82. The number of nitrogens with zero attached hydrogens (tertiary/aromatic N) is 2. The van der Waals surface area contributed by atoms with Crippen LogP contribution in [0.15, 0.2) is 24.3 Å². The molecule has 0 radical (unpaired) electrons. The first-order valence-corrected chi connectivity index (χ1v) is 9.42. The first-order valence-electron chi connectivity index (χ1n) is 7.28. The van der Waals surface area contributed by atoms with Gasteiger partial charge in [0.15, 0.2) is 0 Å². The molecule has 0 unspecified atom stereocenters. The van der Waals surface area contributed by atoms with Gasteiger partial charge in [0.25, 0.3) is 0 Å². The number of hydrogen-bond donors (Lipinski definition) is 0. The van der Waals surface area contributed by atoms with E-state index in [0.29, 0.717) is 25.0 Å². The Morgan fingerprint density at radius 2 is 1.57 bits per heavy atom. The highest BCUT2D eigenvalue weighted by atomic mass is 35.5. The van der Waals surface area contributed by atoms with Crippen LogP contribution in [0.5, 0.6) is 0 Å². The van der Waals surface area contributed by atoms with Crippen LogP contribution in [0.1, 0.15) is 25.0 Å². The SMILES string of the molecule is CC(C)N1CCN(S(=O)(=O)Cc2ccc(CCl)cc2)CC1. The molecule has 2 rings (SSSR count). The lowest BCUT2D eigenvalue weighted by Gasteiger charge is -2.36. The Morgan fingerprint density at radius 1 is 1.05 bits per heavy atom. The van der Waals surface area contributed by atoms with Crippen LogP contribution in [0.4, 0.5) is 0 Å². The van der Waals surface area contributed by atoms with Gasteiger partial charge in [-0.1, -0.05) is 24.3 Å². The molecular formula is C15H23ClN2O2S. The third-order valence-corrected chi connectivity index (χ3v) is 6.08. The summed E-state index contributed by atoms with van der Waals surface area (Å²) in [5, 5.41) is 0. The molecule has 0 spiro atoms. The van der Waals surface area contributed by atoms with Gasteiger partial charge >= 0.3 is 0 Å². The molecule has 0 aliphatic carbocycles. The predicted molar refractivity (Wildman–Crippen MR) is 86.9 cm³/mol. The fourth-order valence-electron chi connectivity index (χ4n) is 2.52. The maximum absolute atomic E-state index is 12.5. The van der Waals surface area contributed by atoms with Crippen LogP contribution in [-0.2, 0) is 21.7 Å². The number of piperazine rings is 1. The highest BCUT2D eigenvalue weighted by molar-refractivity contribution is 7.88. The Labute approximate surface area is 132 Å². The summed E-state index contributed by atoms with van der Waals surface area (Å²) in [4.78, 5) is 2.31. The van der Waals surface area contributed by atoms with Crippen molar-refractivity contribution < 1.29 is 8.42 Å². The van der Waals surface area contributed by atoms with Gasteiger partial charge < -0.3 is 0 Å². The molecule has 0 atom stereocenters. The standard InChI is InChI=1S/C15H23ClN2O2S/c1-13(2)17-7-9-18(10-8-17)21(19,20)12-15-5-3-14(11-16)4-6-15/h3-6,13H,7-12H2,1-2H3. The van der Waals surface area contributed by atoms with Crippen molar-refractivity contribution >= 4 is 21.6 Å². The lowest BCUT2D eigenvalue weighted by molar-refractivity contribution is 0.154. The van der Waals surface area contributed by atoms with Crippen LogP contribution in [-0.4, -0.2) is 49.8 Å². The summed E-state index contributed by atoms with van der Waals surface area (Å²) < 4.78 is 26.5. The van der Waals surface area contributed by atoms with Gasteiger partial charge in [-0.2, -0.15) is 4.31 Å². The van der Waals surface area contributed by atoms with E-state index in [4.69, 9.17) is 11.6 Å². The molecule has 21 heavy (non-hydrogen) atoms. The van der Waals surface area contributed by atoms with E-state index in [9.17, 15) is 8.42 Å². The molecule has 118 valence electrons. The zero-order chi connectivity index (χ0) is 15.5. The van der Waals surface area contributed by atoms with E-state index in [1.54, 1.807) is 4.31 Å². The Hall–Kier alpha value is -0.620. The lowest BCUT2D eigenvalue weighted by atomic mass is 10.2. The highest BCUT2D eigenvalue weighted by Gasteiger charge is 2.27. The van der Waals surface area contributed by atoms with Crippen molar-refractivity contribution in [3.63, 3.8) is 0 Å². The Morgan fingerprint density at radius 3 is 2.05 bits per heavy atom. The number of benzene rings is 1. The van der Waals surface area contributed by atoms with Crippen molar-refractivity contribution in [2.75, 3.05) is 26.2 Å². The molecule has 1 fully saturated rings. The Balaban J connectivity index is 1.98. The van der Waals surface area contributed by atoms with Crippen molar-refractivity contribution in [1.29, 1.82) is 0 Å². The topological polar surface area (TPSA) is 40.6 Å². The molecule has 1 aliphatic rings. The first kappa shape index (κ1) is 16.7. The zero-order valence-corrected chi connectivity index (χ0v) is 14.2. The third kappa shape index (κ3) is 4.42. The van der Waals surface area contributed by atoms with Crippen LogP contribution < -0.4 is 0 Å². The van der Waals surface area contributed by atoms with Gasteiger partial charge in [-0.15, -0.1) is 11.6 Å². The average Bonchev–Trinajstić information content (AvgIpc) is 2.48. The number of rotatable bonds is 5. The van der Waals surface area contributed by atoms with Crippen LogP contribution in [0.2, 0.25) is 0 Å². The van der Waals surface area contributed by atoms with Gasteiger partial charge in [-0.05, 0) is 25.0 Å². The van der Waals surface area contributed by atoms with Crippen LogP contribution in [0, 0.1) is 0 Å². The van der Waals surface area contributed by atoms with Crippen molar-refractivity contribution in [2.45, 2.75) is 31.5 Å². The average molecular weight is 331 g/mol. The van der Waals surface area contributed by atoms with Crippen molar-refractivity contribution in [3.05, 3.63) is 35.4 Å². The molecule has 0 bridgehead atoms. The number of alkyl halides is 1. The molecular weight excluding hydrogens is 308 g/mol. The second kappa shape index (κ2) is 7.09. The Kier molecular flexibility index (Phi) is 5.66. The second-order valence-electron chi connectivity index (χ2n) is 5.74. The molecule has 6 heteroatoms. The maximum Gasteiger partial charge on any atom is 0.218 e. The molecule has 0 aromatic heterocycles. The Bertz CT molecular complexity index is 550. The molecule has 1 heterocycles. The predicted octanol–water partition coefficient (Wildman–Crippen LogP) is 2.28. The van der Waals surface area contributed by atoms with E-state index >= 15 is 0 Å². The minimum atomic E-state index is -3.23. The van der Waals surface area contributed by atoms with Gasteiger partial charge in [0.2, 0.25) is 10.0 Å². The molecule has 0 amide bonds. The fraction of sp³-hybridized carbons (Fsp3) is 0.600. The molecule has 0 saturated carbocycles. The van der Waals surface area contributed by atoms with Gasteiger partial charge in [-0.25, -0.2) is 8.42 Å². The molecule has 0 N–H and O–H groups in total. The molecule has 1 aromatic rings. The second-order valence-corrected chi connectivity index (χ2v) is 7.97. The minimum Gasteiger partial charge on any atom is -0.298 e. The largest absolute Gasteiger partial charge is 0.298 e. The summed E-state index contributed by atoms with van der Waals surface area (Å²) in [6.07, 6.45) is 0. The van der Waals surface area contributed by atoms with Crippen molar-refractivity contribution in [3.8, 4) is 0 Å². The van der Waals surface area contributed by atoms with Crippen LogP contribution >= 0.6 is 11.6 Å². The number of hydrogen-bond acceptors (Lipinski definition) is 3. The molecule has 4 nitrogen and oxygen atoms in total. The van der Waals surface area contributed by atoms with Crippen LogP contribution in [0.3, 0.4) is 0 Å². The lowest BCUT2D eigenvalue weighted by Crippen LogP contribution is -2.50. The fourth-order valence-corrected chi connectivity index (χ4v) is 4.22. The van der Waals surface area contributed by atoms with E-state index in [1.807, 2.05) is 24.3 Å². The van der Waals surface area contributed by atoms with Crippen molar-refractivity contribution in [1.82, 2.24) is 9.21 Å². The summed E-state index contributed by atoms with van der Waals surface area (Å²) in [6, 6.07) is 7.93. The number of sulfonamides is 1. The smallest absolute Gasteiger partial charge is 0.218 e. The molecule has 1 saturated heterocycles. The van der Waals surface area contributed by atoms with E-state index in [0.717, 1.165) is 24.2 Å². The first-order chi connectivity index (χ1) is 9.92. The summed E-state index contributed by atoms with van der Waals surface area (Å²) in [6.45, 7) is 7.07. The van der Waals surface area contributed by atoms with E-state index < -0.39 is 10.0 Å². The van der Waals surface area contributed by atoms with Crippen LogP contribution in [0.25, 0.3) is 0 Å². The quantitative estimate of drug-likeness (QED) is 0.778. The summed E-state index contributed by atoms with van der Waals surface area (Å²) in [7, 11) is -3.23. The minimum absolute atomic E-state index is 0.0667. The maximum atomic E-state index is 12.5. The van der Waals surface area contributed by atoms with Crippen molar-refractivity contribution in [2.24, 2.45) is 0 Å². The van der Waals surface area contributed by atoms with Gasteiger partial charge in [0, 0.05) is 38.1 Å². The normalized spacial score (nSPS) is 18.3. The zero-order valence-electron chi connectivity index (χ0n) is 12.6. The van der Waals surface area contributed by atoms with E-state index in [-0.39, 0.29) is 5.75 Å².